The Morgan fingerprint density at radius 3 is 2.53 bits per heavy atom. The second kappa shape index (κ2) is 4.59. The maximum absolute atomic E-state index is 13.2. The molecule has 0 aliphatic heterocycles. The van der Waals surface area contributed by atoms with Gasteiger partial charge >= 0.3 is 0 Å². The number of rotatable bonds is 3. The molecule has 0 amide bonds. The Morgan fingerprint density at radius 2 is 2.07 bits per heavy atom. The zero-order chi connectivity index (χ0) is 11.6. The highest BCUT2D eigenvalue weighted by atomic mass is 19.1. The van der Waals surface area contributed by atoms with Gasteiger partial charge in [0.25, 0.3) is 0 Å². The zero-order valence-electron chi connectivity index (χ0n) is 9.12. The van der Waals surface area contributed by atoms with Gasteiger partial charge in [0.05, 0.1) is 13.2 Å². The Balaban J connectivity index is 3.24. The fourth-order valence-corrected chi connectivity index (χ4v) is 1.48. The summed E-state index contributed by atoms with van der Waals surface area (Å²) >= 11 is 0. The molecule has 0 aliphatic carbocycles. The molecule has 0 saturated heterocycles. The van der Waals surface area contributed by atoms with Crippen LogP contribution >= 0.6 is 0 Å². The monoisotopic (exact) mass is 213 g/mol. The third kappa shape index (κ3) is 2.27. The molecule has 84 valence electrons. The summed E-state index contributed by atoms with van der Waals surface area (Å²) in [5.74, 6) is 0.00674. The number of aliphatic hydroxyl groups excluding tert-OH is 1. The Bertz CT molecular complexity index is 353. The predicted octanol–water partition coefficient (Wildman–Crippen LogP) is 1.52. The molecule has 3 N–H and O–H groups in total. The number of benzene rings is 1. The summed E-state index contributed by atoms with van der Waals surface area (Å²) in [7, 11) is 1.44. The first-order valence-corrected chi connectivity index (χ1v) is 4.75. The maximum atomic E-state index is 13.2. The first kappa shape index (κ1) is 11.9. The second-order valence-corrected chi connectivity index (χ2v) is 3.60. The van der Waals surface area contributed by atoms with Gasteiger partial charge in [-0.3, -0.25) is 0 Å². The largest absolute Gasteiger partial charge is 0.496 e. The fourth-order valence-electron chi connectivity index (χ4n) is 1.48. The molecule has 15 heavy (non-hydrogen) atoms. The lowest BCUT2D eigenvalue weighted by Crippen LogP contribution is -2.25. The molecule has 2 unspecified atom stereocenters. The third-order valence-electron chi connectivity index (χ3n) is 2.39. The average molecular weight is 213 g/mol. The van der Waals surface area contributed by atoms with E-state index in [1.807, 2.05) is 0 Å². The minimum Gasteiger partial charge on any atom is -0.496 e. The van der Waals surface area contributed by atoms with Crippen LogP contribution in [0.3, 0.4) is 0 Å². The smallest absolute Gasteiger partial charge is 0.130 e. The van der Waals surface area contributed by atoms with E-state index < -0.39 is 12.1 Å². The summed E-state index contributed by atoms with van der Waals surface area (Å²) < 4.78 is 18.3. The van der Waals surface area contributed by atoms with E-state index in [9.17, 15) is 9.50 Å². The van der Waals surface area contributed by atoms with E-state index in [1.165, 1.54) is 19.2 Å². The number of hydrogen-bond acceptors (Lipinski definition) is 3. The molecule has 1 aromatic carbocycles. The van der Waals surface area contributed by atoms with E-state index in [2.05, 4.69) is 0 Å². The van der Waals surface area contributed by atoms with Crippen molar-refractivity contribution in [3.63, 3.8) is 0 Å². The highest BCUT2D eigenvalue weighted by Crippen LogP contribution is 2.31. The van der Waals surface area contributed by atoms with Crippen LogP contribution in [0.1, 0.15) is 24.2 Å². The van der Waals surface area contributed by atoms with Gasteiger partial charge in [0, 0.05) is 17.2 Å². The van der Waals surface area contributed by atoms with Crippen molar-refractivity contribution < 1.29 is 14.2 Å². The molecule has 0 saturated carbocycles. The number of hydrogen-bond donors (Lipinski definition) is 2. The topological polar surface area (TPSA) is 55.5 Å². The minimum atomic E-state index is -0.848. The van der Waals surface area contributed by atoms with Crippen LogP contribution in [0.15, 0.2) is 12.1 Å². The predicted molar refractivity (Wildman–Crippen MR) is 56.3 cm³/mol. The highest BCUT2D eigenvalue weighted by molar-refractivity contribution is 5.43. The molecule has 0 fully saturated rings. The molecule has 0 radical (unpaired) electrons. The molecular formula is C11H16FNO2. The summed E-state index contributed by atoms with van der Waals surface area (Å²) in [5, 5.41) is 9.80. The second-order valence-electron chi connectivity index (χ2n) is 3.60. The molecule has 3 nitrogen and oxygen atoms in total. The molecular weight excluding hydrogens is 197 g/mol. The highest BCUT2D eigenvalue weighted by Gasteiger charge is 2.19. The van der Waals surface area contributed by atoms with Crippen molar-refractivity contribution >= 4 is 0 Å². The quantitative estimate of drug-likeness (QED) is 0.800. The Morgan fingerprint density at radius 1 is 1.47 bits per heavy atom. The number of aliphatic hydroxyl groups is 1. The van der Waals surface area contributed by atoms with Gasteiger partial charge in [-0.1, -0.05) is 0 Å². The molecule has 0 spiro atoms. The summed E-state index contributed by atoms with van der Waals surface area (Å²) in [4.78, 5) is 0. The SMILES string of the molecule is COc1c(C(O)C(C)N)ccc(F)c1C. The van der Waals surface area contributed by atoms with E-state index in [4.69, 9.17) is 10.5 Å². The molecule has 4 heteroatoms. The van der Waals surface area contributed by atoms with Crippen molar-refractivity contribution in [2.75, 3.05) is 7.11 Å². The van der Waals surface area contributed by atoms with Gasteiger partial charge < -0.3 is 15.6 Å². The van der Waals surface area contributed by atoms with Gasteiger partial charge in [-0.25, -0.2) is 4.39 Å². The lowest BCUT2D eigenvalue weighted by atomic mass is 10.00. The van der Waals surface area contributed by atoms with E-state index >= 15 is 0 Å². The number of methoxy groups -OCH3 is 1. The van der Waals surface area contributed by atoms with Crippen molar-refractivity contribution in [1.82, 2.24) is 0 Å². The van der Waals surface area contributed by atoms with Crippen LogP contribution in [-0.4, -0.2) is 18.3 Å². The van der Waals surface area contributed by atoms with Crippen LogP contribution in [0, 0.1) is 12.7 Å². The van der Waals surface area contributed by atoms with Gasteiger partial charge in [-0.2, -0.15) is 0 Å². The Kier molecular flexibility index (Phi) is 3.66. The minimum absolute atomic E-state index is 0.354. The summed E-state index contributed by atoms with van der Waals surface area (Å²) in [6.45, 7) is 3.29. The molecule has 1 aromatic rings. The molecule has 0 aliphatic rings. The van der Waals surface area contributed by atoms with E-state index in [1.54, 1.807) is 13.8 Å². The van der Waals surface area contributed by atoms with E-state index in [-0.39, 0.29) is 5.82 Å². The standard InChI is InChI=1S/C11H16FNO2/c1-6-9(12)5-4-8(11(6)15-3)10(14)7(2)13/h4-5,7,10,14H,13H2,1-3H3. The van der Waals surface area contributed by atoms with Crippen molar-refractivity contribution in [3.05, 3.63) is 29.1 Å². The van der Waals surface area contributed by atoms with Crippen LogP contribution in [0.4, 0.5) is 4.39 Å². The number of ether oxygens (including phenoxy) is 1. The van der Waals surface area contributed by atoms with Crippen LogP contribution in [-0.2, 0) is 0 Å². The Hall–Kier alpha value is -1.13. The van der Waals surface area contributed by atoms with Gasteiger partial charge in [-0.15, -0.1) is 0 Å². The summed E-state index contributed by atoms with van der Waals surface area (Å²) in [6.07, 6.45) is -0.848. The lowest BCUT2D eigenvalue weighted by Gasteiger charge is -2.19. The van der Waals surface area contributed by atoms with Crippen LogP contribution < -0.4 is 10.5 Å². The molecule has 0 aromatic heterocycles. The molecule has 2 atom stereocenters. The lowest BCUT2D eigenvalue weighted by molar-refractivity contribution is 0.149. The average Bonchev–Trinajstić information content (AvgIpc) is 2.20. The van der Waals surface area contributed by atoms with Crippen molar-refractivity contribution in [2.24, 2.45) is 5.73 Å². The van der Waals surface area contributed by atoms with Crippen LogP contribution in [0.2, 0.25) is 0 Å². The fraction of sp³-hybridized carbons (Fsp3) is 0.455. The van der Waals surface area contributed by atoms with Gasteiger partial charge in [0.1, 0.15) is 11.6 Å². The zero-order valence-corrected chi connectivity index (χ0v) is 9.12. The third-order valence-corrected chi connectivity index (χ3v) is 2.39. The van der Waals surface area contributed by atoms with Crippen LogP contribution in [0.5, 0.6) is 5.75 Å². The summed E-state index contributed by atoms with van der Waals surface area (Å²) in [6, 6.07) is 2.37. The van der Waals surface area contributed by atoms with Crippen molar-refractivity contribution in [2.45, 2.75) is 26.0 Å². The van der Waals surface area contributed by atoms with E-state index in [0.717, 1.165) is 0 Å². The van der Waals surface area contributed by atoms with Crippen molar-refractivity contribution in [1.29, 1.82) is 0 Å². The molecule has 0 heterocycles. The molecule has 1 rings (SSSR count). The normalized spacial score (nSPS) is 14.8. The first-order chi connectivity index (χ1) is 6.99. The van der Waals surface area contributed by atoms with Crippen molar-refractivity contribution in [3.8, 4) is 5.75 Å². The first-order valence-electron chi connectivity index (χ1n) is 4.75. The van der Waals surface area contributed by atoms with E-state index in [0.29, 0.717) is 16.9 Å². The number of nitrogens with two attached hydrogens (primary N) is 1. The molecule has 0 bridgehead atoms. The Labute approximate surface area is 88.7 Å². The van der Waals surface area contributed by atoms with Gasteiger partial charge in [0.2, 0.25) is 0 Å². The van der Waals surface area contributed by atoms with Gasteiger partial charge in [0.15, 0.2) is 0 Å². The maximum Gasteiger partial charge on any atom is 0.130 e. The summed E-state index contributed by atoms with van der Waals surface area (Å²) in [5.41, 5.74) is 6.48. The van der Waals surface area contributed by atoms with Crippen LogP contribution in [0.25, 0.3) is 0 Å². The number of halogens is 1. The van der Waals surface area contributed by atoms with Gasteiger partial charge in [-0.05, 0) is 26.0 Å².